The lowest BCUT2D eigenvalue weighted by molar-refractivity contribution is -0.0168. The van der Waals surface area contributed by atoms with Gasteiger partial charge in [0.05, 0.1) is 12.2 Å². The number of rotatable bonds is 4. The molecule has 0 radical (unpaired) electrons. The van der Waals surface area contributed by atoms with Crippen LogP contribution in [0.5, 0.6) is 0 Å². The molecule has 24 heavy (non-hydrogen) atoms. The number of urea groups is 1. The molecule has 0 bridgehead atoms. The van der Waals surface area contributed by atoms with Gasteiger partial charge in [0, 0.05) is 31.4 Å². The summed E-state index contributed by atoms with van der Waals surface area (Å²) in [5, 5.41) is 25.0. The highest BCUT2D eigenvalue weighted by Gasteiger charge is 2.28. The molecule has 3 atom stereocenters. The summed E-state index contributed by atoms with van der Waals surface area (Å²) in [6.45, 7) is 2.63. The summed E-state index contributed by atoms with van der Waals surface area (Å²) in [6, 6.07) is 7.88. The van der Waals surface area contributed by atoms with Gasteiger partial charge >= 0.3 is 6.03 Å². The number of para-hydroxylation sites is 1. The molecule has 1 saturated heterocycles. The molecule has 2 fully saturated rings. The number of nitrogens with zero attached hydrogens (tertiary/aromatic N) is 1. The average Bonchev–Trinajstić information content (AvgIpc) is 3.11. The summed E-state index contributed by atoms with van der Waals surface area (Å²) < 4.78 is 0. The molecule has 1 heterocycles. The Labute approximate surface area is 142 Å². The van der Waals surface area contributed by atoms with Gasteiger partial charge in [0.25, 0.3) is 0 Å². The Morgan fingerprint density at radius 3 is 2.62 bits per heavy atom. The quantitative estimate of drug-likeness (QED) is 0.670. The maximum absolute atomic E-state index is 12.1. The molecule has 6 nitrogen and oxygen atoms in total. The maximum Gasteiger partial charge on any atom is 0.315 e. The van der Waals surface area contributed by atoms with Gasteiger partial charge in [-0.2, -0.15) is 0 Å². The van der Waals surface area contributed by atoms with Crippen LogP contribution in [-0.2, 0) is 6.54 Å². The summed E-state index contributed by atoms with van der Waals surface area (Å²) in [7, 11) is 0. The number of nitrogens with one attached hydrogen (secondary N) is 2. The van der Waals surface area contributed by atoms with E-state index in [9.17, 15) is 15.0 Å². The zero-order valence-corrected chi connectivity index (χ0v) is 13.9. The topological polar surface area (TPSA) is 84.8 Å². The summed E-state index contributed by atoms with van der Waals surface area (Å²) >= 11 is 0. The number of carbonyl (C=O) groups is 1. The first-order chi connectivity index (χ1) is 11.6. The Bertz CT molecular complexity index is 560. The normalized spacial score (nSPS) is 27.1. The number of aliphatic hydroxyl groups excluding tert-OH is 2. The minimum atomic E-state index is -0.750. The predicted molar refractivity (Wildman–Crippen MR) is 92.9 cm³/mol. The highest BCUT2D eigenvalue weighted by atomic mass is 16.3. The third-order valence-corrected chi connectivity index (χ3v) is 4.99. The zero-order chi connectivity index (χ0) is 16.9. The van der Waals surface area contributed by atoms with Gasteiger partial charge in [-0.05, 0) is 43.7 Å². The first-order valence-electron chi connectivity index (χ1n) is 8.87. The second-order valence-corrected chi connectivity index (χ2v) is 6.79. The molecule has 1 aliphatic heterocycles. The van der Waals surface area contributed by atoms with Crippen molar-refractivity contribution in [1.29, 1.82) is 0 Å². The molecule has 4 N–H and O–H groups in total. The Hall–Kier alpha value is -1.79. The lowest BCUT2D eigenvalue weighted by Crippen LogP contribution is -2.47. The summed E-state index contributed by atoms with van der Waals surface area (Å²) in [6.07, 6.45) is 2.63. The van der Waals surface area contributed by atoms with Crippen molar-refractivity contribution < 1.29 is 15.0 Å². The van der Waals surface area contributed by atoms with E-state index in [1.807, 2.05) is 12.1 Å². The molecule has 1 aromatic carbocycles. The van der Waals surface area contributed by atoms with Crippen molar-refractivity contribution in [2.24, 2.45) is 0 Å². The fourth-order valence-electron chi connectivity index (χ4n) is 3.60. The van der Waals surface area contributed by atoms with Crippen molar-refractivity contribution in [2.75, 3.05) is 18.0 Å². The zero-order valence-electron chi connectivity index (χ0n) is 13.9. The minimum Gasteiger partial charge on any atom is -0.390 e. The lowest BCUT2D eigenvalue weighted by Gasteiger charge is -2.30. The lowest BCUT2D eigenvalue weighted by atomic mass is 9.91. The van der Waals surface area contributed by atoms with Crippen molar-refractivity contribution >= 4 is 11.7 Å². The number of benzene rings is 1. The molecular formula is C18H27N3O3. The first kappa shape index (κ1) is 17.0. The summed E-state index contributed by atoms with van der Waals surface area (Å²) in [4.78, 5) is 14.5. The van der Waals surface area contributed by atoms with E-state index in [0.717, 1.165) is 18.7 Å². The highest BCUT2D eigenvalue weighted by Crippen LogP contribution is 2.24. The third-order valence-electron chi connectivity index (χ3n) is 4.99. The number of carbonyl (C=O) groups excluding carboxylic acids is 1. The second-order valence-electron chi connectivity index (χ2n) is 6.79. The van der Waals surface area contributed by atoms with E-state index >= 15 is 0 Å². The Balaban J connectivity index is 1.51. The molecule has 6 heteroatoms. The Kier molecular flexibility index (Phi) is 5.58. The largest absolute Gasteiger partial charge is 0.390 e. The maximum atomic E-state index is 12.1. The van der Waals surface area contributed by atoms with Crippen LogP contribution < -0.4 is 15.5 Å². The van der Waals surface area contributed by atoms with E-state index in [-0.39, 0.29) is 12.1 Å². The monoisotopic (exact) mass is 333 g/mol. The van der Waals surface area contributed by atoms with Crippen LogP contribution in [0.4, 0.5) is 10.5 Å². The molecule has 3 rings (SSSR count). The van der Waals surface area contributed by atoms with Crippen LogP contribution in [0.25, 0.3) is 0 Å². The number of amides is 2. The molecule has 0 spiro atoms. The van der Waals surface area contributed by atoms with Gasteiger partial charge in [-0.3, -0.25) is 0 Å². The molecule has 132 valence electrons. The summed E-state index contributed by atoms with van der Waals surface area (Å²) in [5.41, 5.74) is 2.32. The Morgan fingerprint density at radius 2 is 1.88 bits per heavy atom. The van der Waals surface area contributed by atoms with E-state index < -0.39 is 12.2 Å². The van der Waals surface area contributed by atoms with Gasteiger partial charge < -0.3 is 25.7 Å². The molecule has 1 aromatic rings. The number of hydrogen-bond donors (Lipinski definition) is 4. The van der Waals surface area contributed by atoms with Gasteiger partial charge in [-0.1, -0.05) is 18.2 Å². The molecule has 0 aromatic heterocycles. The van der Waals surface area contributed by atoms with Crippen LogP contribution in [-0.4, -0.2) is 47.6 Å². The third kappa shape index (κ3) is 4.19. The SMILES string of the molecule is O=C(NCc1ccccc1N1CCCC1)NC1CC[C@@H](O)[C@@H](O)C1. The van der Waals surface area contributed by atoms with Crippen LogP contribution in [0.15, 0.2) is 24.3 Å². The van der Waals surface area contributed by atoms with E-state index in [2.05, 4.69) is 27.7 Å². The van der Waals surface area contributed by atoms with Gasteiger partial charge in [0.2, 0.25) is 0 Å². The van der Waals surface area contributed by atoms with E-state index in [1.165, 1.54) is 18.5 Å². The molecule has 1 saturated carbocycles. The predicted octanol–water partition coefficient (Wildman–Crippen LogP) is 1.36. The van der Waals surface area contributed by atoms with Crippen molar-refractivity contribution in [3.63, 3.8) is 0 Å². The van der Waals surface area contributed by atoms with Gasteiger partial charge in [-0.15, -0.1) is 0 Å². The fourth-order valence-corrected chi connectivity index (χ4v) is 3.60. The van der Waals surface area contributed by atoms with Crippen molar-refractivity contribution in [3.05, 3.63) is 29.8 Å². The fraction of sp³-hybridized carbons (Fsp3) is 0.611. The van der Waals surface area contributed by atoms with Crippen LogP contribution in [0, 0.1) is 0 Å². The second kappa shape index (κ2) is 7.85. The molecule has 1 unspecified atom stereocenters. The molecule has 2 amide bonds. The Morgan fingerprint density at radius 1 is 1.12 bits per heavy atom. The van der Waals surface area contributed by atoms with Gasteiger partial charge in [-0.25, -0.2) is 4.79 Å². The number of aliphatic hydroxyl groups is 2. The van der Waals surface area contributed by atoms with E-state index in [0.29, 0.717) is 25.8 Å². The van der Waals surface area contributed by atoms with Gasteiger partial charge in [0.1, 0.15) is 0 Å². The van der Waals surface area contributed by atoms with Crippen molar-refractivity contribution in [2.45, 2.75) is 56.9 Å². The minimum absolute atomic E-state index is 0.0859. The van der Waals surface area contributed by atoms with E-state index in [4.69, 9.17) is 0 Å². The number of hydrogen-bond acceptors (Lipinski definition) is 4. The van der Waals surface area contributed by atoms with Gasteiger partial charge in [0.15, 0.2) is 0 Å². The van der Waals surface area contributed by atoms with Crippen molar-refractivity contribution in [3.8, 4) is 0 Å². The van der Waals surface area contributed by atoms with Crippen LogP contribution in [0.2, 0.25) is 0 Å². The number of anilines is 1. The highest BCUT2D eigenvalue weighted by molar-refractivity contribution is 5.74. The summed E-state index contributed by atoms with van der Waals surface area (Å²) in [5.74, 6) is 0. The standard InChI is InChI=1S/C18H27N3O3/c22-16-8-7-14(11-17(16)23)20-18(24)19-12-13-5-1-2-6-15(13)21-9-3-4-10-21/h1-2,5-6,14,16-17,22-23H,3-4,7-12H2,(H2,19,20,24)/t14?,16-,17+/m1/s1. The van der Waals surface area contributed by atoms with Crippen LogP contribution in [0.3, 0.4) is 0 Å². The smallest absolute Gasteiger partial charge is 0.315 e. The molecule has 1 aliphatic carbocycles. The van der Waals surface area contributed by atoms with Crippen LogP contribution >= 0.6 is 0 Å². The first-order valence-corrected chi connectivity index (χ1v) is 8.87. The van der Waals surface area contributed by atoms with Crippen molar-refractivity contribution in [1.82, 2.24) is 10.6 Å². The molecular weight excluding hydrogens is 306 g/mol. The average molecular weight is 333 g/mol. The van der Waals surface area contributed by atoms with E-state index in [1.54, 1.807) is 0 Å². The molecule has 2 aliphatic rings. The van der Waals surface area contributed by atoms with Crippen LogP contribution in [0.1, 0.15) is 37.7 Å².